The summed E-state index contributed by atoms with van der Waals surface area (Å²) in [5, 5.41) is 53.5. The Balaban J connectivity index is 1.45. The summed E-state index contributed by atoms with van der Waals surface area (Å²) in [6, 6.07) is 0. The van der Waals surface area contributed by atoms with Gasteiger partial charge in [-0.15, -0.1) is 0 Å². The van der Waals surface area contributed by atoms with Gasteiger partial charge in [0.2, 0.25) is 0 Å². The Morgan fingerprint density at radius 1 is 1.00 bits per heavy atom. The van der Waals surface area contributed by atoms with Crippen molar-refractivity contribution in [3.63, 3.8) is 0 Å². The summed E-state index contributed by atoms with van der Waals surface area (Å²) >= 11 is 0. The summed E-state index contributed by atoms with van der Waals surface area (Å²) in [6.45, 7) is 5.67. The number of aliphatic hydroxyl groups is 5. The lowest BCUT2D eigenvalue weighted by atomic mass is 9.43. The van der Waals surface area contributed by atoms with Gasteiger partial charge in [0.25, 0.3) is 0 Å². The van der Waals surface area contributed by atoms with Gasteiger partial charge in [-0.3, -0.25) is 4.55 Å². The van der Waals surface area contributed by atoms with Crippen molar-refractivity contribution in [3.05, 3.63) is 0 Å². The lowest BCUT2D eigenvalue weighted by Gasteiger charge is -2.63. The highest BCUT2D eigenvalue weighted by Gasteiger charge is 2.65. The molecule has 4 fully saturated rings. The summed E-state index contributed by atoms with van der Waals surface area (Å²) in [5.41, 5.74) is -0.309. The third-order valence-corrected chi connectivity index (χ3v) is 12.1. The summed E-state index contributed by atoms with van der Waals surface area (Å²) < 4.78 is 34.9. The summed E-state index contributed by atoms with van der Waals surface area (Å²) in [7, 11) is -4.65. The van der Waals surface area contributed by atoms with E-state index in [-0.39, 0.29) is 52.4 Å². The largest absolute Gasteiger partial charge is 0.397 e. The number of hydrogen-bond acceptors (Lipinski definition) is 8. The van der Waals surface area contributed by atoms with E-state index in [1.54, 1.807) is 0 Å². The van der Waals surface area contributed by atoms with E-state index >= 15 is 0 Å². The highest BCUT2D eigenvalue weighted by molar-refractivity contribution is 7.80. The Morgan fingerprint density at radius 2 is 1.70 bits per heavy atom. The van der Waals surface area contributed by atoms with E-state index in [4.69, 9.17) is 4.55 Å². The van der Waals surface area contributed by atoms with E-state index < -0.39 is 47.8 Å². The molecule has 13 atom stereocenters. The molecule has 0 saturated heterocycles. The molecule has 10 unspecified atom stereocenters. The molecule has 4 saturated carbocycles. The van der Waals surface area contributed by atoms with Gasteiger partial charge >= 0.3 is 10.4 Å². The van der Waals surface area contributed by atoms with Crippen LogP contribution in [0.3, 0.4) is 0 Å². The van der Waals surface area contributed by atoms with E-state index in [0.29, 0.717) is 19.3 Å². The van der Waals surface area contributed by atoms with Crippen molar-refractivity contribution in [1.29, 1.82) is 0 Å². The Labute approximate surface area is 221 Å². The molecule has 6 N–H and O–H groups in total. The number of aliphatic hydroxyl groups excluding tert-OH is 5. The van der Waals surface area contributed by atoms with Crippen molar-refractivity contribution in [2.45, 2.75) is 103 Å². The predicted molar refractivity (Wildman–Crippen MR) is 136 cm³/mol. The van der Waals surface area contributed by atoms with Gasteiger partial charge in [-0.1, -0.05) is 20.8 Å². The van der Waals surface area contributed by atoms with E-state index in [1.807, 2.05) is 0 Å². The summed E-state index contributed by atoms with van der Waals surface area (Å²) in [6.07, 6.45) is 4.54. The van der Waals surface area contributed by atoms with Crippen LogP contribution in [0.1, 0.15) is 78.6 Å². The second-order valence-electron chi connectivity index (χ2n) is 13.3. The average Bonchev–Trinajstić information content (AvgIpc) is 3.17. The molecule has 0 aromatic rings. The minimum absolute atomic E-state index is 0.0304. The maximum absolute atomic E-state index is 11.7. The van der Waals surface area contributed by atoms with Crippen LogP contribution in [0.25, 0.3) is 0 Å². The van der Waals surface area contributed by atoms with Gasteiger partial charge in [0.15, 0.2) is 0 Å². The van der Waals surface area contributed by atoms with E-state index in [1.165, 1.54) is 0 Å². The summed E-state index contributed by atoms with van der Waals surface area (Å²) in [4.78, 5) is 0. The number of rotatable bonds is 9. The normalized spacial score (nSPS) is 46.4. The van der Waals surface area contributed by atoms with Crippen LogP contribution in [-0.2, 0) is 14.6 Å². The van der Waals surface area contributed by atoms with Crippen molar-refractivity contribution >= 4 is 10.4 Å². The molecule has 4 aliphatic rings. The Bertz CT molecular complexity index is 898. The van der Waals surface area contributed by atoms with Gasteiger partial charge in [0.05, 0.1) is 37.6 Å². The maximum Gasteiger partial charge on any atom is 0.397 e. The van der Waals surface area contributed by atoms with Gasteiger partial charge in [0, 0.05) is 5.92 Å². The Kier molecular flexibility index (Phi) is 8.75. The van der Waals surface area contributed by atoms with Crippen LogP contribution in [-0.4, -0.2) is 76.1 Å². The quantitative estimate of drug-likeness (QED) is 0.237. The maximum atomic E-state index is 11.7. The molecule has 0 aromatic heterocycles. The molecular weight excluding hydrogens is 500 g/mol. The van der Waals surface area contributed by atoms with Crippen molar-refractivity contribution < 1.29 is 42.7 Å². The smallest absolute Gasteiger partial charge is 0.396 e. The zero-order valence-electron chi connectivity index (χ0n) is 22.4. The first-order valence-electron chi connectivity index (χ1n) is 14.2. The molecule has 0 radical (unpaired) electrons. The van der Waals surface area contributed by atoms with Crippen LogP contribution in [0.15, 0.2) is 0 Å². The van der Waals surface area contributed by atoms with Crippen molar-refractivity contribution in [2.24, 2.45) is 52.3 Å². The molecule has 0 amide bonds. The summed E-state index contributed by atoms with van der Waals surface area (Å²) in [5.74, 6) is 0.439. The molecule has 0 spiro atoms. The fraction of sp³-hybridized carbons (Fsp3) is 1.00. The molecule has 0 aromatic carbocycles. The monoisotopic (exact) mass is 548 g/mol. The lowest BCUT2D eigenvalue weighted by molar-refractivity contribution is -0.207. The number of hydrogen-bond donors (Lipinski definition) is 6. The second kappa shape index (κ2) is 10.9. The van der Waals surface area contributed by atoms with Crippen LogP contribution in [0, 0.1) is 52.3 Å². The van der Waals surface area contributed by atoms with Crippen molar-refractivity contribution in [2.75, 3.05) is 13.2 Å². The van der Waals surface area contributed by atoms with Gasteiger partial charge in [-0.05, 0) is 104 Å². The molecule has 4 rings (SSSR count). The first-order chi connectivity index (χ1) is 17.2. The highest BCUT2D eigenvalue weighted by Crippen LogP contribution is 2.68. The van der Waals surface area contributed by atoms with E-state index in [0.717, 1.165) is 38.5 Å². The van der Waals surface area contributed by atoms with Gasteiger partial charge < -0.3 is 25.5 Å². The Morgan fingerprint density at radius 3 is 2.35 bits per heavy atom. The molecule has 0 bridgehead atoms. The third kappa shape index (κ3) is 5.51. The SMILES string of the molecule is C[C@H](CCC(O)[C@@H](CO)COS(=O)(=O)O)C1CCC2C3C(O)CC4C[C@H](O)CCC4(C)C3CC(O)C21C. The minimum atomic E-state index is -4.65. The number of fused-ring (bicyclic) bond motifs is 5. The van der Waals surface area contributed by atoms with E-state index in [9.17, 15) is 34.0 Å². The fourth-order valence-corrected chi connectivity index (χ4v) is 9.81. The molecule has 0 heterocycles. The van der Waals surface area contributed by atoms with Gasteiger partial charge in [0.1, 0.15) is 0 Å². The molecule has 10 heteroatoms. The van der Waals surface area contributed by atoms with Crippen molar-refractivity contribution in [3.8, 4) is 0 Å². The van der Waals surface area contributed by atoms with E-state index in [2.05, 4.69) is 25.0 Å². The van der Waals surface area contributed by atoms with Crippen LogP contribution >= 0.6 is 0 Å². The van der Waals surface area contributed by atoms with Crippen LogP contribution in [0.4, 0.5) is 0 Å². The van der Waals surface area contributed by atoms with Crippen LogP contribution in [0.5, 0.6) is 0 Å². The molecule has 216 valence electrons. The zero-order chi connectivity index (χ0) is 27.3. The first-order valence-corrected chi connectivity index (χ1v) is 15.5. The van der Waals surface area contributed by atoms with Gasteiger partial charge in [-0.2, -0.15) is 8.42 Å². The van der Waals surface area contributed by atoms with Crippen LogP contribution < -0.4 is 0 Å². The third-order valence-electron chi connectivity index (χ3n) is 11.6. The lowest BCUT2D eigenvalue weighted by Crippen LogP contribution is -2.62. The van der Waals surface area contributed by atoms with Crippen molar-refractivity contribution in [1.82, 2.24) is 0 Å². The second-order valence-corrected chi connectivity index (χ2v) is 14.4. The predicted octanol–water partition coefficient (Wildman–Crippen LogP) is 2.15. The fourth-order valence-electron chi connectivity index (χ4n) is 9.46. The first kappa shape index (κ1) is 29.6. The molecule has 9 nitrogen and oxygen atoms in total. The standard InChI is InChI=1S/C27H48O9S/c1-15(4-7-22(30)16(13-28)14-36-37(33,34)35)19-5-6-20-25-21(12-24(32)27(19,20)3)26(2)9-8-18(29)10-17(26)11-23(25)31/h15-25,28-32H,4-14H2,1-3H3,(H,33,34,35)/t15-,16+,17?,18-,19?,20?,21?,22?,23?,24?,25?,26?,27?/m1/s1. The molecule has 4 aliphatic carbocycles. The Hall–Kier alpha value is -0.330. The topological polar surface area (TPSA) is 165 Å². The van der Waals surface area contributed by atoms with Gasteiger partial charge in [-0.25, -0.2) is 4.18 Å². The molecular formula is C27H48O9S. The van der Waals surface area contributed by atoms with Crippen LogP contribution in [0.2, 0.25) is 0 Å². The molecule has 0 aliphatic heterocycles. The molecule has 37 heavy (non-hydrogen) atoms. The average molecular weight is 549 g/mol. The highest BCUT2D eigenvalue weighted by atomic mass is 32.3. The zero-order valence-corrected chi connectivity index (χ0v) is 23.3. The minimum Gasteiger partial charge on any atom is -0.396 e.